The summed E-state index contributed by atoms with van der Waals surface area (Å²) < 4.78 is 19.1. The molecule has 1 unspecified atom stereocenters. The lowest BCUT2D eigenvalue weighted by molar-refractivity contribution is -0.0311. The summed E-state index contributed by atoms with van der Waals surface area (Å²) in [4.78, 5) is 6.47. The molecule has 4 nitrogen and oxygen atoms in total. The number of ether oxygens (including phenoxy) is 1. The predicted molar refractivity (Wildman–Crippen MR) is 73.8 cm³/mol. The average Bonchev–Trinajstić information content (AvgIpc) is 2.47. The highest BCUT2D eigenvalue weighted by atomic mass is 19.1. The minimum absolute atomic E-state index is 0.0363. The number of benzene rings is 1. The van der Waals surface area contributed by atoms with Crippen LogP contribution in [-0.4, -0.2) is 47.4 Å². The van der Waals surface area contributed by atoms with Crippen LogP contribution in [0.25, 0.3) is 10.9 Å². The normalized spacial score (nSPS) is 20.4. The van der Waals surface area contributed by atoms with Crippen LogP contribution in [0.1, 0.15) is 5.56 Å². The first-order valence-electron chi connectivity index (χ1n) is 6.74. The van der Waals surface area contributed by atoms with Crippen molar-refractivity contribution < 1.29 is 14.2 Å². The third kappa shape index (κ3) is 2.65. The molecule has 0 aliphatic carbocycles. The maximum atomic E-state index is 13.7. The van der Waals surface area contributed by atoms with Gasteiger partial charge in [-0.15, -0.1) is 0 Å². The quantitative estimate of drug-likeness (QED) is 0.924. The summed E-state index contributed by atoms with van der Waals surface area (Å²) in [6.07, 6.45) is 1.71. The monoisotopic (exact) mass is 276 g/mol. The van der Waals surface area contributed by atoms with Crippen molar-refractivity contribution in [2.24, 2.45) is 0 Å². The largest absolute Gasteiger partial charge is 0.395 e. The molecule has 0 bridgehead atoms. The van der Waals surface area contributed by atoms with Gasteiger partial charge in [-0.3, -0.25) is 9.88 Å². The van der Waals surface area contributed by atoms with Gasteiger partial charge in [0.05, 0.1) is 31.4 Å². The lowest BCUT2D eigenvalue weighted by Gasteiger charge is -2.34. The molecule has 106 valence electrons. The molecule has 0 saturated carbocycles. The summed E-state index contributed by atoms with van der Waals surface area (Å²) in [6.45, 7) is 2.49. The Bertz CT molecular complexity index is 605. The smallest absolute Gasteiger partial charge is 0.124 e. The fraction of sp³-hybridized carbons (Fsp3) is 0.400. The van der Waals surface area contributed by atoms with Gasteiger partial charge in [0.2, 0.25) is 0 Å². The van der Waals surface area contributed by atoms with Crippen molar-refractivity contribution in [1.82, 2.24) is 9.88 Å². The second-order valence-electron chi connectivity index (χ2n) is 5.02. The van der Waals surface area contributed by atoms with Gasteiger partial charge in [-0.05, 0) is 23.8 Å². The van der Waals surface area contributed by atoms with Crippen LogP contribution in [0.4, 0.5) is 4.39 Å². The molecule has 1 aromatic heterocycles. The zero-order valence-electron chi connectivity index (χ0n) is 11.1. The van der Waals surface area contributed by atoms with Crippen molar-refractivity contribution in [2.45, 2.75) is 12.6 Å². The number of aliphatic hydroxyl groups is 1. The van der Waals surface area contributed by atoms with Crippen LogP contribution in [0.15, 0.2) is 30.5 Å². The minimum atomic E-state index is -0.255. The number of aliphatic hydroxyl groups excluding tert-OH is 1. The maximum absolute atomic E-state index is 13.7. The third-order valence-electron chi connectivity index (χ3n) is 3.68. The van der Waals surface area contributed by atoms with E-state index < -0.39 is 0 Å². The molecular weight excluding hydrogens is 259 g/mol. The van der Waals surface area contributed by atoms with Gasteiger partial charge in [0.1, 0.15) is 5.82 Å². The number of halogens is 1. The fourth-order valence-corrected chi connectivity index (χ4v) is 2.63. The highest BCUT2D eigenvalue weighted by molar-refractivity contribution is 5.81. The lowest BCUT2D eigenvalue weighted by atomic mass is 10.1. The number of aromatic nitrogens is 1. The van der Waals surface area contributed by atoms with E-state index in [-0.39, 0.29) is 18.5 Å². The van der Waals surface area contributed by atoms with Gasteiger partial charge in [0.25, 0.3) is 0 Å². The number of pyridine rings is 1. The van der Waals surface area contributed by atoms with E-state index in [0.29, 0.717) is 19.8 Å². The molecule has 1 aliphatic heterocycles. The number of fused-ring (bicyclic) bond motifs is 1. The molecule has 1 atom stereocenters. The van der Waals surface area contributed by atoms with E-state index in [1.807, 2.05) is 6.07 Å². The second-order valence-corrected chi connectivity index (χ2v) is 5.02. The summed E-state index contributed by atoms with van der Waals surface area (Å²) in [5, 5.41) is 10.2. The Kier molecular flexibility index (Phi) is 3.91. The molecule has 20 heavy (non-hydrogen) atoms. The Morgan fingerprint density at radius 3 is 3.20 bits per heavy atom. The van der Waals surface area contributed by atoms with Crippen molar-refractivity contribution >= 4 is 10.9 Å². The Morgan fingerprint density at radius 1 is 1.45 bits per heavy atom. The first kappa shape index (κ1) is 13.4. The van der Waals surface area contributed by atoms with Gasteiger partial charge in [0.15, 0.2) is 0 Å². The second kappa shape index (κ2) is 5.83. The first-order chi connectivity index (χ1) is 9.78. The van der Waals surface area contributed by atoms with Crippen molar-refractivity contribution in [3.63, 3.8) is 0 Å². The summed E-state index contributed by atoms with van der Waals surface area (Å²) >= 11 is 0. The van der Waals surface area contributed by atoms with Crippen molar-refractivity contribution in [1.29, 1.82) is 0 Å². The number of rotatable bonds is 3. The average molecular weight is 276 g/mol. The van der Waals surface area contributed by atoms with Crippen LogP contribution in [0.2, 0.25) is 0 Å². The molecule has 5 heteroatoms. The van der Waals surface area contributed by atoms with Crippen LogP contribution in [-0.2, 0) is 11.3 Å². The van der Waals surface area contributed by atoms with Gasteiger partial charge >= 0.3 is 0 Å². The third-order valence-corrected chi connectivity index (χ3v) is 3.68. The predicted octanol–water partition coefficient (Wildman–Crippen LogP) is 1.57. The van der Waals surface area contributed by atoms with Crippen LogP contribution in [0.3, 0.4) is 0 Å². The van der Waals surface area contributed by atoms with E-state index in [0.717, 1.165) is 23.0 Å². The van der Waals surface area contributed by atoms with Crippen LogP contribution < -0.4 is 0 Å². The Hall–Kier alpha value is -1.56. The molecule has 0 amide bonds. The lowest BCUT2D eigenvalue weighted by Crippen LogP contribution is -2.46. The Balaban J connectivity index is 1.93. The zero-order valence-corrected chi connectivity index (χ0v) is 11.1. The molecular formula is C15H17FN2O2. The summed E-state index contributed by atoms with van der Waals surface area (Å²) in [6, 6.07) is 6.65. The van der Waals surface area contributed by atoms with Crippen LogP contribution in [0, 0.1) is 5.82 Å². The molecule has 1 N–H and O–H groups in total. The van der Waals surface area contributed by atoms with E-state index in [1.54, 1.807) is 12.3 Å². The summed E-state index contributed by atoms with van der Waals surface area (Å²) in [7, 11) is 0. The van der Waals surface area contributed by atoms with E-state index in [2.05, 4.69) is 9.88 Å². The number of hydrogen-bond acceptors (Lipinski definition) is 4. The van der Waals surface area contributed by atoms with Crippen LogP contribution in [0.5, 0.6) is 0 Å². The minimum Gasteiger partial charge on any atom is -0.395 e. The van der Waals surface area contributed by atoms with Gasteiger partial charge in [-0.2, -0.15) is 0 Å². The summed E-state index contributed by atoms with van der Waals surface area (Å²) in [5.41, 5.74) is 1.66. The van der Waals surface area contributed by atoms with Gasteiger partial charge in [0, 0.05) is 24.7 Å². The molecule has 1 aliphatic rings. The van der Waals surface area contributed by atoms with Gasteiger partial charge < -0.3 is 9.84 Å². The molecule has 2 heterocycles. The van der Waals surface area contributed by atoms with Crippen molar-refractivity contribution in [2.75, 3.05) is 26.4 Å². The first-order valence-corrected chi connectivity index (χ1v) is 6.74. The Morgan fingerprint density at radius 2 is 2.35 bits per heavy atom. The number of morpholine rings is 1. The standard InChI is InChI=1S/C15H17FN2O2/c16-13-6-11-2-1-3-17-15(11)12(7-13)8-18-4-5-20-10-14(18)9-19/h1-3,6-7,14,19H,4-5,8-10H2. The van der Waals surface area contributed by atoms with E-state index >= 15 is 0 Å². The molecule has 1 aromatic carbocycles. The topological polar surface area (TPSA) is 45.6 Å². The van der Waals surface area contributed by atoms with Gasteiger partial charge in [-0.25, -0.2) is 4.39 Å². The molecule has 0 spiro atoms. The molecule has 0 radical (unpaired) electrons. The van der Waals surface area contributed by atoms with Gasteiger partial charge in [-0.1, -0.05) is 6.07 Å². The van der Waals surface area contributed by atoms with E-state index in [1.165, 1.54) is 12.1 Å². The molecule has 1 fully saturated rings. The maximum Gasteiger partial charge on any atom is 0.124 e. The Labute approximate surface area is 116 Å². The van der Waals surface area contributed by atoms with E-state index in [4.69, 9.17) is 4.74 Å². The van der Waals surface area contributed by atoms with Crippen molar-refractivity contribution in [3.05, 3.63) is 41.8 Å². The number of nitrogens with zero attached hydrogens (tertiary/aromatic N) is 2. The van der Waals surface area contributed by atoms with E-state index in [9.17, 15) is 9.50 Å². The molecule has 2 aromatic rings. The number of hydrogen-bond donors (Lipinski definition) is 1. The highest BCUT2D eigenvalue weighted by Gasteiger charge is 2.23. The highest BCUT2D eigenvalue weighted by Crippen LogP contribution is 2.21. The SMILES string of the molecule is OCC1COCCN1Cc1cc(F)cc2cccnc12. The molecule has 3 rings (SSSR count). The van der Waals surface area contributed by atoms with Crippen molar-refractivity contribution in [3.8, 4) is 0 Å². The summed E-state index contributed by atoms with van der Waals surface area (Å²) in [5.74, 6) is -0.255. The molecule has 1 saturated heterocycles. The van der Waals surface area contributed by atoms with Crippen LogP contribution >= 0.6 is 0 Å². The fourth-order valence-electron chi connectivity index (χ4n) is 2.63. The zero-order chi connectivity index (χ0) is 13.9.